The Hall–Kier alpha value is -2.36. The lowest BCUT2D eigenvalue weighted by Crippen LogP contribution is -2.01. The minimum absolute atomic E-state index is 0.172. The average Bonchev–Trinajstić information content (AvgIpc) is 2.76. The molecule has 3 aromatic rings. The van der Waals surface area contributed by atoms with Gasteiger partial charge in [0.25, 0.3) is 0 Å². The van der Waals surface area contributed by atoms with E-state index in [-0.39, 0.29) is 6.61 Å². The van der Waals surface area contributed by atoms with Crippen molar-refractivity contribution in [2.75, 3.05) is 0 Å². The van der Waals surface area contributed by atoms with E-state index in [1.54, 1.807) is 12.1 Å². The van der Waals surface area contributed by atoms with Gasteiger partial charge in [0.15, 0.2) is 0 Å². The van der Waals surface area contributed by atoms with Gasteiger partial charge in [0.05, 0.1) is 0 Å². The standard InChI is InChI=1S/C16H15FN2O/c1-10-6-13-7-11(2)19-14(13)8-15(10)20-9-12-4-3-5-18-16(12)17/h3-8,19H,9H2,1-2H3. The van der Waals surface area contributed by atoms with Crippen LogP contribution < -0.4 is 4.74 Å². The number of fused-ring (bicyclic) bond motifs is 1. The van der Waals surface area contributed by atoms with Crippen molar-refractivity contribution < 1.29 is 9.13 Å². The lowest BCUT2D eigenvalue weighted by molar-refractivity contribution is 0.296. The summed E-state index contributed by atoms with van der Waals surface area (Å²) in [6.07, 6.45) is 1.43. The lowest BCUT2D eigenvalue weighted by atomic mass is 10.1. The summed E-state index contributed by atoms with van der Waals surface area (Å²) < 4.78 is 19.2. The summed E-state index contributed by atoms with van der Waals surface area (Å²) in [6, 6.07) is 9.48. The normalized spacial score (nSPS) is 10.9. The molecule has 0 amide bonds. The predicted molar refractivity (Wildman–Crippen MR) is 76.3 cm³/mol. The highest BCUT2D eigenvalue weighted by Crippen LogP contribution is 2.26. The molecule has 0 aliphatic heterocycles. The number of aromatic amines is 1. The van der Waals surface area contributed by atoms with E-state index in [0.29, 0.717) is 5.56 Å². The number of aryl methyl sites for hydroxylation is 2. The maximum atomic E-state index is 13.5. The van der Waals surface area contributed by atoms with Gasteiger partial charge in [-0.05, 0) is 43.7 Å². The van der Waals surface area contributed by atoms with Crippen molar-refractivity contribution in [2.45, 2.75) is 20.5 Å². The van der Waals surface area contributed by atoms with Gasteiger partial charge in [-0.2, -0.15) is 4.39 Å². The van der Waals surface area contributed by atoms with E-state index in [0.717, 1.165) is 27.9 Å². The third kappa shape index (κ3) is 2.37. The van der Waals surface area contributed by atoms with Gasteiger partial charge in [-0.3, -0.25) is 0 Å². The van der Waals surface area contributed by atoms with E-state index in [1.807, 2.05) is 19.9 Å². The van der Waals surface area contributed by atoms with E-state index in [9.17, 15) is 4.39 Å². The largest absolute Gasteiger partial charge is 0.488 e. The van der Waals surface area contributed by atoms with Crippen molar-refractivity contribution in [1.82, 2.24) is 9.97 Å². The predicted octanol–water partition coefficient (Wildman–Crippen LogP) is 3.90. The molecule has 2 heterocycles. The Bertz CT molecular complexity index is 764. The second kappa shape index (κ2) is 4.96. The third-order valence-corrected chi connectivity index (χ3v) is 3.27. The second-order valence-electron chi connectivity index (χ2n) is 4.90. The zero-order valence-corrected chi connectivity index (χ0v) is 11.4. The van der Waals surface area contributed by atoms with Gasteiger partial charge >= 0.3 is 0 Å². The van der Waals surface area contributed by atoms with E-state index < -0.39 is 5.95 Å². The molecule has 0 unspecified atom stereocenters. The van der Waals surface area contributed by atoms with Crippen LogP contribution in [-0.2, 0) is 6.61 Å². The molecule has 4 heteroatoms. The SMILES string of the molecule is Cc1cc2cc(C)c(OCc3cccnc3F)cc2[nH]1. The van der Waals surface area contributed by atoms with Gasteiger partial charge in [-0.25, -0.2) is 4.98 Å². The number of rotatable bonds is 3. The van der Waals surface area contributed by atoms with Crippen LogP contribution in [0.2, 0.25) is 0 Å². The highest BCUT2D eigenvalue weighted by Gasteiger charge is 2.07. The molecule has 0 fully saturated rings. The number of halogens is 1. The number of aromatic nitrogens is 2. The van der Waals surface area contributed by atoms with E-state index in [4.69, 9.17) is 4.74 Å². The molecule has 0 saturated heterocycles. The van der Waals surface area contributed by atoms with Crippen molar-refractivity contribution in [3.8, 4) is 5.75 Å². The van der Waals surface area contributed by atoms with E-state index in [1.165, 1.54) is 6.20 Å². The average molecular weight is 270 g/mol. The van der Waals surface area contributed by atoms with Crippen LogP contribution in [0, 0.1) is 19.8 Å². The summed E-state index contributed by atoms with van der Waals surface area (Å²) in [5.41, 5.74) is 3.61. The van der Waals surface area contributed by atoms with Crippen LogP contribution in [0.1, 0.15) is 16.8 Å². The first kappa shape index (κ1) is 12.7. The maximum Gasteiger partial charge on any atom is 0.219 e. The van der Waals surface area contributed by atoms with Crippen LogP contribution in [0.5, 0.6) is 5.75 Å². The van der Waals surface area contributed by atoms with Gasteiger partial charge < -0.3 is 9.72 Å². The molecule has 0 bridgehead atoms. The van der Waals surface area contributed by atoms with Crippen LogP contribution in [-0.4, -0.2) is 9.97 Å². The summed E-state index contributed by atoms with van der Waals surface area (Å²) in [6.45, 7) is 4.17. The molecule has 0 aliphatic carbocycles. The number of ether oxygens (including phenoxy) is 1. The van der Waals surface area contributed by atoms with Crippen LogP contribution in [0.4, 0.5) is 4.39 Å². The maximum absolute atomic E-state index is 13.5. The monoisotopic (exact) mass is 270 g/mol. The molecule has 0 saturated carbocycles. The van der Waals surface area contributed by atoms with Gasteiger partial charge in [0.2, 0.25) is 5.95 Å². The van der Waals surface area contributed by atoms with Crippen LogP contribution in [0.15, 0.2) is 36.5 Å². The fourth-order valence-electron chi connectivity index (χ4n) is 2.26. The summed E-state index contributed by atoms with van der Waals surface area (Å²) >= 11 is 0. The van der Waals surface area contributed by atoms with Crippen molar-refractivity contribution in [3.63, 3.8) is 0 Å². The molecule has 2 aromatic heterocycles. The second-order valence-corrected chi connectivity index (χ2v) is 4.90. The fraction of sp³-hybridized carbons (Fsp3) is 0.188. The topological polar surface area (TPSA) is 37.9 Å². The van der Waals surface area contributed by atoms with E-state index in [2.05, 4.69) is 22.1 Å². The molecular weight excluding hydrogens is 255 g/mol. The minimum Gasteiger partial charge on any atom is -0.488 e. The van der Waals surface area contributed by atoms with Crippen LogP contribution in [0.25, 0.3) is 10.9 Å². The number of hydrogen-bond donors (Lipinski definition) is 1. The Balaban J connectivity index is 1.87. The number of benzene rings is 1. The Kier molecular flexibility index (Phi) is 3.14. The quantitative estimate of drug-likeness (QED) is 0.733. The number of pyridine rings is 1. The first-order valence-corrected chi connectivity index (χ1v) is 6.45. The van der Waals surface area contributed by atoms with Crippen LogP contribution >= 0.6 is 0 Å². The molecule has 3 nitrogen and oxygen atoms in total. The fourth-order valence-corrected chi connectivity index (χ4v) is 2.26. The summed E-state index contributed by atoms with van der Waals surface area (Å²) in [4.78, 5) is 6.88. The highest BCUT2D eigenvalue weighted by atomic mass is 19.1. The number of hydrogen-bond acceptors (Lipinski definition) is 2. The molecule has 0 radical (unpaired) electrons. The molecule has 0 atom stereocenters. The number of nitrogens with one attached hydrogen (secondary N) is 1. The molecule has 1 aromatic carbocycles. The Morgan fingerprint density at radius 2 is 2.10 bits per heavy atom. The molecule has 0 aliphatic rings. The number of H-pyrrole nitrogens is 1. The lowest BCUT2D eigenvalue weighted by Gasteiger charge is -2.09. The van der Waals surface area contributed by atoms with Gasteiger partial charge in [0.1, 0.15) is 12.4 Å². The molecule has 3 rings (SSSR count). The zero-order chi connectivity index (χ0) is 14.1. The highest BCUT2D eigenvalue weighted by molar-refractivity contribution is 5.83. The zero-order valence-electron chi connectivity index (χ0n) is 11.4. The first-order chi connectivity index (χ1) is 9.63. The molecule has 1 N–H and O–H groups in total. The van der Waals surface area contributed by atoms with Gasteiger partial charge in [0, 0.05) is 34.4 Å². The van der Waals surface area contributed by atoms with Crippen molar-refractivity contribution >= 4 is 10.9 Å². The Morgan fingerprint density at radius 3 is 2.90 bits per heavy atom. The number of nitrogens with zero attached hydrogens (tertiary/aromatic N) is 1. The van der Waals surface area contributed by atoms with Crippen LogP contribution in [0.3, 0.4) is 0 Å². The first-order valence-electron chi connectivity index (χ1n) is 6.45. The molecule has 0 spiro atoms. The smallest absolute Gasteiger partial charge is 0.219 e. The molecule has 102 valence electrons. The Labute approximate surface area is 116 Å². The van der Waals surface area contributed by atoms with Crippen molar-refractivity contribution in [2.24, 2.45) is 0 Å². The Morgan fingerprint density at radius 1 is 1.25 bits per heavy atom. The van der Waals surface area contributed by atoms with E-state index >= 15 is 0 Å². The minimum atomic E-state index is -0.484. The van der Waals surface area contributed by atoms with Crippen molar-refractivity contribution in [3.05, 3.63) is 59.3 Å². The van der Waals surface area contributed by atoms with Gasteiger partial charge in [-0.1, -0.05) is 0 Å². The third-order valence-electron chi connectivity index (χ3n) is 3.27. The van der Waals surface area contributed by atoms with Gasteiger partial charge in [-0.15, -0.1) is 0 Å². The molecular formula is C16H15FN2O. The summed E-state index contributed by atoms with van der Waals surface area (Å²) in [5, 5.41) is 1.15. The molecule has 20 heavy (non-hydrogen) atoms. The summed E-state index contributed by atoms with van der Waals surface area (Å²) in [5.74, 6) is 0.268. The van der Waals surface area contributed by atoms with Crippen molar-refractivity contribution in [1.29, 1.82) is 0 Å². The summed E-state index contributed by atoms with van der Waals surface area (Å²) in [7, 11) is 0.